The van der Waals surface area contributed by atoms with E-state index in [1.807, 2.05) is 50.3 Å². The van der Waals surface area contributed by atoms with Crippen LogP contribution in [0.5, 0.6) is 5.75 Å². The summed E-state index contributed by atoms with van der Waals surface area (Å²) in [5.41, 5.74) is 3.52. The summed E-state index contributed by atoms with van der Waals surface area (Å²) in [7, 11) is 1.63. The van der Waals surface area contributed by atoms with E-state index in [2.05, 4.69) is 40.1 Å². The SMILES string of the molecule is CCCn1c(N2CCN(Cc3ccccc3)CC2)c(C=C2SC(=S)N(CCc3ccc(OC)cc3)C2=O)c(C)c(C#N)c1=O. The van der Waals surface area contributed by atoms with Gasteiger partial charge in [0.1, 0.15) is 27.5 Å². The van der Waals surface area contributed by atoms with Gasteiger partial charge in [-0.3, -0.25) is 24.0 Å². The zero-order valence-corrected chi connectivity index (χ0v) is 27.0. The first-order valence-electron chi connectivity index (χ1n) is 14.9. The molecular weight excluding hydrogens is 591 g/mol. The first kappa shape index (κ1) is 31.5. The Hall–Kier alpha value is -3.91. The van der Waals surface area contributed by atoms with Crippen LogP contribution in [0.25, 0.3) is 6.08 Å². The molecule has 2 aliphatic heterocycles. The molecule has 2 aromatic carbocycles. The van der Waals surface area contributed by atoms with Gasteiger partial charge in [-0.25, -0.2) is 0 Å². The summed E-state index contributed by atoms with van der Waals surface area (Å²) in [4.78, 5) is 34.0. The van der Waals surface area contributed by atoms with E-state index in [0.29, 0.717) is 34.3 Å². The molecule has 8 nitrogen and oxygen atoms in total. The van der Waals surface area contributed by atoms with Crippen molar-refractivity contribution in [1.29, 1.82) is 5.26 Å². The summed E-state index contributed by atoms with van der Waals surface area (Å²) in [6.45, 7) is 8.77. The van der Waals surface area contributed by atoms with Gasteiger partial charge < -0.3 is 9.64 Å². The number of benzene rings is 2. The summed E-state index contributed by atoms with van der Waals surface area (Å²) in [5, 5.41) is 9.99. The van der Waals surface area contributed by atoms with Gasteiger partial charge in [0.2, 0.25) is 0 Å². The van der Waals surface area contributed by atoms with Gasteiger partial charge in [-0.1, -0.05) is 73.4 Å². The molecule has 0 N–H and O–H groups in total. The lowest BCUT2D eigenvalue weighted by Crippen LogP contribution is -2.48. The van der Waals surface area contributed by atoms with E-state index < -0.39 is 0 Å². The van der Waals surface area contributed by atoms with Crippen LogP contribution < -0.4 is 15.2 Å². The van der Waals surface area contributed by atoms with Crippen molar-refractivity contribution in [2.45, 2.75) is 39.8 Å². The molecule has 5 rings (SSSR count). The fraction of sp³-hybridized carbons (Fsp3) is 0.353. The molecule has 3 aromatic rings. The molecule has 1 amide bonds. The molecule has 1 aromatic heterocycles. The van der Waals surface area contributed by atoms with Gasteiger partial charge in [-0.05, 0) is 54.7 Å². The number of anilines is 1. The Morgan fingerprint density at radius 1 is 1.00 bits per heavy atom. The molecule has 10 heteroatoms. The minimum absolute atomic E-state index is 0.117. The zero-order valence-electron chi connectivity index (χ0n) is 25.4. The maximum atomic E-state index is 13.7. The number of carbonyl (C=O) groups excluding carboxylic acids is 1. The Morgan fingerprint density at radius 2 is 1.70 bits per heavy atom. The molecule has 228 valence electrons. The Balaban J connectivity index is 1.44. The number of ether oxygens (including phenoxy) is 1. The highest BCUT2D eigenvalue weighted by molar-refractivity contribution is 8.26. The molecular formula is C34H37N5O3S2. The minimum Gasteiger partial charge on any atom is -0.497 e. The summed E-state index contributed by atoms with van der Waals surface area (Å²) in [5.74, 6) is 1.40. The molecule has 0 saturated carbocycles. The highest BCUT2D eigenvalue weighted by Crippen LogP contribution is 2.36. The van der Waals surface area contributed by atoms with Crippen molar-refractivity contribution in [1.82, 2.24) is 14.4 Å². The largest absolute Gasteiger partial charge is 0.497 e. The summed E-state index contributed by atoms with van der Waals surface area (Å²) in [6, 6.07) is 20.4. The maximum absolute atomic E-state index is 13.7. The third kappa shape index (κ3) is 6.75. The van der Waals surface area contributed by atoms with Gasteiger partial charge in [0.15, 0.2) is 0 Å². The van der Waals surface area contributed by atoms with E-state index in [0.717, 1.165) is 61.8 Å². The van der Waals surface area contributed by atoms with Crippen molar-refractivity contribution in [3.63, 3.8) is 0 Å². The molecule has 2 fully saturated rings. The number of pyridine rings is 1. The zero-order chi connectivity index (χ0) is 31.2. The average Bonchev–Trinajstić information content (AvgIpc) is 3.31. The highest BCUT2D eigenvalue weighted by atomic mass is 32.2. The lowest BCUT2D eigenvalue weighted by atomic mass is 10.0. The number of rotatable bonds is 10. The molecule has 0 bridgehead atoms. The number of thioether (sulfide) groups is 1. The molecule has 2 aliphatic rings. The number of hydrogen-bond acceptors (Lipinski definition) is 8. The van der Waals surface area contributed by atoms with Crippen LogP contribution in [0.1, 0.15) is 41.2 Å². The van der Waals surface area contributed by atoms with E-state index in [9.17, 15) is 14.9 Å². The van der Waals surface area contributed by atoms with Crippen molar-refractivity contribution < 1.29 is 9.53 Å². The number of methoxy groups -OCH3 is 1. The second kappa shape index (κ2) is 14.2. The lowest BCUT2D eigenvalue weighted by Gasteiger charge is -2.38. The van der Waals surface area contributed by atoms with Crippen molar-refractivity contribution in [2.24, 2.45) is 0 Å². The molecule has 2 saturated heterocycles. The van der Waals surface area contributed by atoms with Crippen LogP contribution in [0, 0.1) is 18.3 Å². The van der Waals surface area contributed by atoms with Crippen molar-refractivity contribution >= 4 is 46.1 Å². The van der Waals surface area contributed by atoms with Gasteiger partial charge in [0.25, 0.3) is 11.5 Å². The Kier molecular flexibility index (Phi) is 10.2. The number of nitriles is 1. The number of piperazine rings is 1. The van der Waals surface area contributed by atoms with E-state index >= 15 is 0 Å². The third-order valence-electron chi connectivity index (χ3n) is 8.15. The van der Waals surface area contributed by atoms with Crippen LogP contribution in [-0.4, -0.2) is 64.4 Å². The van der Waals surface area contributed by atoms with Crippen LogP contribution in [0.2, 0.25) is 0 Å². The summed E-state index contributed by atoms with van der Waals surface area (Å²) >= 11 is 6.92. The van der Waals surface area contributed by atoms with Gasteiger partial charge in [0, 0.05) is 51.4 Å². The minimum atomic E-state index is -0.280. The molecule has 44 heavy (non-hydrogen) atoms. The molecule has 0 unspecified atom stereocenters. The molecule has 0 radical (unpaired) electrons. The lowest BCUT2D eigenvalue weighted by molar-refractivity contribution is -0.122. The monoisotopic (exact) mass is 627 g/mol. The predicted molar refractivity (Wildman–Crippen MR) is 181 cm³/mol. The van der Waals surface area contributed by atoms with E-state index in [1.165, 1.54) is 17.3 Å². The number of amides is 1. The Morgan fingerprint density at radius 3 is 2.34 bits per heavy atom. The second-order valence-electron chi connectivity index (χ2n) is 11.0. The number of carbonyl (C=O) groups is 1. The van der Waals surface area contributed by atoms with Gasteiger partial charge in [-0.15, -0.1) is 0 Å². The standard InChI is InChI=1S/C34H37N5O3S2/c1-4-15-38-31(37-19-17-36(18-20-37)23-26-8-6-5-7-9-26)28(24(2)29(22-35)32(38)40)21-30-33(41)39(34(43)44-30)16-14-25-10-12-27(42-3)13-11-25/h5-13,21H,4,14-20,23H2,1-3H3. The van der Waals surface area contributed by atoms with Crippen LogP contribution in [-0.2, 0) is 24.3 Å². The molecule has 0 aliphatic carbocycles. The fourth-order valence-electron chi connectivity index (χ4n) is 5.73. The number of aromatic nitrogens is 1. The first-order chi connectivity index (χ1) is 21.3. The third-order valence-corrected chi connectivity index (χ3v) is 9.52. The molecule has 0 atom stereocenters. The van der Waals surface area contributed by atoms with Crippen molar-refractivity contribution in [3.8, 4) is 11.8 Å². The van der Waals surface area contributed by atoms with Crippen LogP contribution >= 0.6 is 24.0 Å². The first-order valence-corrected chi connectivity index (χ1v) is 16.1. The highest BCUT2D eigenvalue weighted by Gasteiger charge is 2.33. The predicted octanol–water partition coefficient (Wildman–Crippen LogP) is 5.21. The van der Waals surface area contributed by atoms with Crippen LogP contribution in [0.3, 0.4) is 0 Å². The van der Waals surface area contributed by atoms with Crippen LogP contribution in [0.15, 0.2) is 64.3 Å². The number of thiocarbonyl (C=S) groups is 1. The van der Waals surface area contributed by atoms with E-state index in [-0.39, 0.29) is 17.0 Å². The van der Waals surface area contributed by atoms with Gasteiger partial charge in [-0.2, -0.15) is 5.26 Å². The van der Waals surface area contributed by atoms with Gasteiger partial charge >= 0.3 is 0 Å². The van der Waals surface area contributed by atoms with Crippen molar-refractivity contribution in [3.05, 3.63) is 97.7 Å². The summed E-state index contributed by atoms with van der Waals surface area (Å²) in [6.07, 6.45) is 3.24. The van der Waals surface area contributed by atoms with Crippen molar-refractivity contribution in [2.75, 3.05) is 44.7 Å². The Bertz CT molecular complexity index is 1650. The smallest absolute Gasteiger partial charge is 0.270 e. The normalized spacial score (nSPS) is 16.5. The maximum Gasteiger partial charge on any atom is 0.270 e. The van der Waals surface area contributed by atoms with Crippen LogP contribution in [0.4, 0.5) is 5.82 Å². The fourth-order valence-corrected chi connectivity index (χ4v) is 7.02. The number of hydrogen-bond donors (Lipinski definition) is 0. The topological polar surface area (TPSA) is 81.8 Å². The van der Waals surface area contributed by atoms with E-state index in [1.54, 1.807) is 16.6 Å². The Labute approximate surface area is 268 Å². The van der Waals surface area contributed by atoms with Gasteiger partial charge in [0.05, 0.1) is 12.0 Å². The molecule has 0 spiro atoms. The second-order valence-corrected chi connectivity index (χ2v) is 12.7. The quantitative estimate of drug-likeness (QED) is 0.224. The number of nitrogens with zero attached hydrogens (tertiary/aromatic N) is 5. The summed E-state index contributed by atoms with van der Waals surface area (Å²) < 4.78 is 7.48. The average molecular weight is 628 g/mol. The van der Waals surface area contributed by atoms with E-state index in [4.69, 9.17) is 17.0 Å². The molecule has 3 heterocycles.